The van der Waals surface area contributed by atoms with Crippen molar-refractivity contribution in [1.29, 1.82) is 0 Å². The molecule has 0 radical (unpaired) electrons. The van der Waals surface area contributed by atoms with Crippen LogP contribution < -0.4 is 5.32 Å². The number of halogens is 1. The number of hydrogen-bond acceptors (Lipinski definition) is 2. The van der Waals surface area contributed by atoms with Crippen molar-refractivity contribution in [2.75, 3.05) is 13.1 Å². The number of rotatable bonds is 6. The number of carbonyl (C=O) groups is 1. The van der Waals surface area contributed by atoms with E-state index in [0.717, 1.165) is 18.4 Å². The second-order valence-electron chi connectivity index (χ2n) is 3.88. The van der Waals surface area contributed by atoms with E-state index in [2.05, 4.69) is 15.3 Å². The Morgan fingerprint density at radius 1 is 1.50 bits per heavy atom. The Kier molecular flexibility index (Phi) is 6.05. The lowest BCUT2D eigenvalue weighted by molar-refractivity contribution is 0.0953. The third-order valence-electron chi connectivity index (χ3n) is 2.45. The highest BCUT2D eigenvalue weighted by Crippen LogP contribution is 2.16. The Balaban J connectivity index is 2.36. The molecular formula is C12H15ClN4O. The summed E-state index contributed by atoms with van der Waals surface area (Å²) in [7, 11) is 0. The van der Waals surface area contributed by atoms with Crippen LogP contribution >= 0.6 is 11.6 Å². The molecule has 0 unspecified atom stereocenters. The first-order chi connectivity index (χ1) is 8.65. The molecular weight excluding hydrogens is 252 g/mol. The summed E-state index contributed by atoms with van der Waals surface area (Å²) >= 11 is 5.89. The Hall–Kier alpha value is -1.71. The molecule has 1 amide bonds. The van der Waals surface area contributed by atoms with Gasteiger partial charge in [0.1, 0.15) is 0 Å². The molecule has 0 heterocycles. The average molecular weight is 267 g/mol. The molecule has 0 aliphatic rings. The Morgan fingerprint density at radius 2 is 2.28 bits per heavy atom. The van der Waals surface area contributed by atoms with Gasteiger partial charge >= 0.3 is 0 Å². The summed E-state index contributed by atoms with van der Waals surface area (Å²) in [5, 5.41) is 6.88. The zero-order valence-electron chi connectivity index (χ0n) is 10.2. The molecule has 0 saturated heterocycles. The van der Waals surface area contributed by atoms with Gasteiger partial charge in [-0.2, -0.15) is 0 Å². The first kappa shape index (κ1) is 14.4. The summed E-state index contributed by atoms with van der Waals surface area (Å²) in [4.78, 5) is 14.4. The highest BCUT2D eigenvalue weighted by Gasteiger charge is 2.05. The summed E-state index contributed by atoms with van der Waals surface area (Å²) in [6.07, 6.45) is 1.56. The maximum atomic E-state index is 11.8. The number of nitrogens with zero attached hydrogens (tertiary/aromatic N) is 3. The summed E-state index contributed by atoms with van der Waals surface area (Å²) in [6.45, 7) is 2.90. The van der Waals surface area contributed by atoms with Gasteiger partial charge in [-0.3, -0.25) is 4.79 Å². The van der Waals surface area contributed by atoms with E-state index >= 15 is 0 Å². The number of aryl methyl sites for hydroxylation is 1. The van der Waals surface area contributed by atoms with Gasteiger partial charge in [-0.1, -0.05) is 16.7 Å². The van der Waals surface area contributed by atoms with Crippen molar-refractivity contribution in [3.8, 4) is 0 Å². The predicted molar refractivity (Wildman–Crippen MR) is 71.8 cm³/mol. The molecule has 1 aromatic carbocycles. The van der Waals surface area contributed by atoms with E-state index in [9.17, 15) is 4.79 Å². The lowest BCUT2D eigenvalue weighted by Gasteiger charge is -2.06. The minimum absolute atomic E-state index is 0.112. The highest BCUT2D eigenvalue weighted by molar-refractivity contribution is 6.31. The Labute approximate surface area is 111 Å². The van der Waals surface area contributed by atoms with Crippen molar-refractivity contribution in [3.63, 3.8) is 0 Å². The molecule has 18 heavy (non-hydrogen) atoms. The van der Waals surface area contributed by atoms with Gasteiger partial charge in [-0.15, -0.1) is 0 Å². The van der Waals surface area contributed by atoms with Crippen molar-refractivity contribution in [2.45, 2.75) is 19.8 Å². The van der Waals surface area contributed by atoms with E-state index in [0.29, 0.717) is 23.7 Å². The Morgan fingerprint density at radius 3 is 2.94 bits per heavy atom. The number of azide groups is 1. The maximum absolute atomic E-state index is 11.8. The number of unbranched alkanes of at least 4 members (excludes halogenated alkanes) is 1. The number of benzene rings is 1. The third-order valence-corrected chi connectivity index (χ3v) is 2.88. The van der Waals surface area contributed by atoms with Crippen molar-refractivity contribution in [2.24, 2.45) is 5.11 Å². The van der Waals surface area contributed by atoms with Crippen LogP contribution in [0.25, 0.3) is 10.4 Å². The summed E-state index contributed by atoms with van der Waals surface area (Å²) in [6, 6.07) is 5.18. The van der Waals surface area contributed by atoms with Crippen LogP contribution in [0.4, 0.5) is 0 Å². The van der Waals surface area contributed by atoms with E-state index in [4.69, 9.17) is 17.1 Å². The molecule has 96 valence electrons. The molecule has 6 heteroatoms. The SMILES string of the molecule is Cc1cc(C(=O)NCCCCN=[N+]=[N-])ccc1Cl. The van der Waals surface area contributed by atoms with Crippen molar-refractivity contribution >= 4 is 17.5 Å². The van der Waals surface area contributed by atoms with Crippen LogP contribution in [-0.2, 0) is 0 Å². The third kappa shape index (κ3) is 4.65. The molecule has 5 nitrogen and oxygen atoms in total. The molecule has 0 spiro atoms. The second kappa shape index (κ2) is 7.58. The first-order valence-electron chi connectivity index (χ1n) is 5.70. The highest BCUT2D eigenvalue weighted by atomic mass is 35.5. The minimum Gasteiger partial charge on any atom is -0.352 e. The van der Waals surface area contributed by atoms with Crippen molar-refractivity contribution in [1.82, 2.24) is 5.32 Å². The van der Waals surface area contributed by atoms with Gasteiger partial charge in [0.25, 0.3) is 5.91 Å². The van der Waals surface area contributed by atoms with Gasteiger partial charge in [0, 0.05) is 28.6 Å². The van der Waals surface area contributed by atoms with E-state index in [1.165, 1.54) is 0 Å². The van der Waals surface area contributed by atoms with Gasteiger partial charge in [0.2, 0.25) is 0 Å². The molecule has 0 saturated carbocycles. The fraction of sp³-hybridized carbons (Fsp3) is 0.417. The number of amides is 1. The van der Waals surface area contributed by atoms with Gasteiger partial charge in [0.05, 0.1) is 0 Å². The van der Waals surface area contributed by atoms with Crippen molar-refractivity contribution < 1.29 is 4.79 Å². The van der Waals surface area contributed by atoms with Crippen molar-refractivity contribution in [3.05, 3.63) is 44.8 Å². The molecule has 0 fully saturated rings. The van der Waals surface area contributed by atoms with Crippen LogP contribution in [-0.4, -0.2) is 19.0 Å². The molecule has 0 aliphatic carbocycles. The van der Waals surface area contributed by atoms with Gasteiger partial charge in [-0.05, 0) is 49.1 Å². The summed E-state index contributed by atoms with van der Waals surface area (Å²) in [5.41, 5.74) is 9.57. The van der Waals surface area contributed by atoms with Crippen LogP contribution in [0.5, 0.6) is 0 Å². The lowest BCUT2D eigenvalue weighted by Crippen LogP contribution is -2.24. The quantitative estimate of drug-likeness (QED) is 0.364. The zero-order valence-corrected chi connectivity index (χ0v) is 10.9. The Bertz CT molecular complexity index is 469. The fourth-order valence-corrected chi connectivity index (χ4v) is 1.56. The minimum atomic E-state index is -0.112. The van der Waals surface area contributed by atoms with Crippen LogP contribution in [0, 0.1) is 6.92 Å². The molecule has 1 rings (SSSR count). The van der Waals surface area contributed by atoms with E-state index < -0.39 is 0 Å². The molecule has 0 aliphatic heterocycles. The first-order valence-corrected chi connectivity index (χ1v) is 6.08. The predicted octanol–water partition coefficient (Wildman–Crippen LogP) is 3.47. The monoisotopic (exact) mass is 266 g/mol. The average Bonchev–Trinajstić information content (AvgIpc) is 2.36. The van der Waals surface area contributed by atoms with E-state index in [1.54, 1.807) is 18.2 Å². The second-order valence-corrected chi connectivity index (χ2v) is 4.29. The standard InChI is InChI=1S/C12H15ClN4O/c1-9-8-10(4-5-11(9)13)12(18)15-6-2-3-7-16-17-14/h4-5,8H,2-3,6-7H2,1H3,(H,15,18). The fourth-order valence-electron chi connectivity index (χ4n) is 1.44. The van der Waals surface area contributed by atoms with Crippen LogP contribution in [0.2, 0.25) is 5.02 Å². The number of carbonyl (C=O) groups excluding carboxylic acids is 1. The number of hydrogen-bond donors (Lipinski definition) is 1. The van der Waals surface area contributed by atoms with Crippen LogP contribution in [0.1, 0.15) is 28.8 Å². The van der Waals surface area contributed by atoms with Gasteiger partial charge in [-0.25, -0.2) is 0 Å². The maximum Gasteiger partial charge on any atom is 0.251 e. The molecule has 0 aromatic heterocycles. The van der Waals surface area contributed by atoms with Crippen LogP contribution in [0.3, 0.4) is 0 Å². The summed E-state index contributed by atoms with van der Waals surface area (Å²) in [5.74, 6) is -0.112. The number of nitrogens with one attached hydrogen (secondary N) is 1. The van der Waals surface area contributed by atoms with Gasteiger partial charge in [0.15, 0.2) is 0 Å². The largest absolute Gasteiger partial charge is 0.352 e. The lowest BCUT2D eigenvalue weighted by atomic mass is 10.1. The molecule has 0 bridgehead atoms. The zero-order chi connectivity index (χ0) is 13.4. The molecule has 1 aromatic rings. The topological polar surface area (TPSA) is 77.9 Å². The summed E-state index contributed by atoms with van der Waals surface area (Å²) < 4.78 is 0. The molecule has 1 N–H and O–H groups in total. The van der Waals surface area contributed by atoms with E-state index in [-0.39, 0.29) is 5.91 Å². The smallest absolute Gasteiger partial charge is 0.251 e. The normalized spacial score (nSPS) is 9.67. The van der Waals surface area contributed by atoms with Gasteiger partial charge < -0.3 is 5.32 Å². The molecule has 0 atom stereocenters. The van der Waals surface area contributed by atoms with Crippen LogP contribution in [0.15, 0.2) is 23.3 Å². The van der Waals surface area contributed by atoms with E-state index in [1.807, 2.05) is 6.92 Å².